The molecule has 0 spiro atoms. The summed E-state index contributed by atoms with van der Waals surface area (Å²) in [4.78, 5) is 17.5. The topological polar surface area (TPSA) is 150 Å². The maximum atomic E-state index is 10.8. The van der Waals surface area contributed by atoms with Gasteiger partial charge in [0.05, 0.1) is 31.0 Å². The molecule has 1 aliphatic heterocycles. The minimum atomic E-state index is -4.35. The Morgan fingerprint density at radius 3 is 1.94 bits per heavy atom. The van der Waals surface area contributed by atoms with Crippen molar-refractivity contribution >= 4 is 7.60 Å². The van der Waals surface area contributed by atoms with Crippen molar-refractivity contribution < 1.29 is 34.8 Å². The second-order valence-electron chi connectivity index (χ2n) is 3.88. The zero-order valence-corrected chi connectivity index (χ0v) is 9.23. The van der Waals surface area contributed by atoms with Crippen molar-refractivity contribution in [3.8, 4) is 0 Å². The molecule has 1 aliphatic rings. The molecule has 16 heavy (non-hydrogen) atoms. The summed E-state index contributed by atoms with van der Waals surface area (Å²) >= 11 is 0. The first-order valence-electron chi connectivity index (χ1n) is 4.72. The van der Waals surface area contributed by atoms with Gasteiger partial charge in [-0.1, -0.05) is 0 Å². The number of aliphatic hydroxyl groups excluding tert-OH is 4. The molecule has 7 N–H and O–H groups in total. The van der Waals surface area contributed by atoms with Gasteiger partial charge in [0.15, 0.2) is 0 Å². The van der Waals surface area contributed by atoms with Crippen molar-refractivity contribution in [1.29, 1.82) is 0 Å². The second kappa shape index (κ2) is 5.07. The van der Waals surface area contributed by atoms with Gasteiger partial charge in [0.2, 0.25) is 0 Å². The van der Waals surface area contributed by atoms with Gasteiger partial charge in [-0.3, -0.25) is 4.57 Å². The van der Waals surface area contributed by atoms with Gasteiger partial charge in [-0.05, 0) is 0 Å². The van der Waals surface area contributed by atoms with Crippen molar-refractivity contribution in [3.05, 3.63) is 0 Å². The minimum absolute atomic E-state index is 0.511. The van der Waals surface area contributed by atoms with Crippen LogP contribution in [0.4, 0.5) is 0 Å². The molecule has 1 rings (SSSR count). The van der Waals surface area contributed by atoms with E-state index in [2.05, 4.69) is 5.32 Å². The number of rotatable bonds is 3. The maximum Gasteiger partial charge on any atom is 0.327 e. The van der Waals surface area contributed by atoms with Crippen LogP contribution in [-0.4, -0.2) is 73.4 Å². The fourth-order valence-electron chi connectivity index (χ4n) is 1.73. The standard InChI is InChI=1S/C7H16NO7P/c9-1-3-5(10)7(12)6(11)4(8-3)2-16(13,14)15/h3-12H,1-2H2,(H2,13,14,15). The fourth-order valence-corrected chi connectivity index (χ4v) is 2.56. The summed E-state index contributed by atoms with van der Waals surface area (Å²) in [5.41, 5.74) is 0. The summed E-state index contributed by atoms with van der Waals surface area (Å²) in [5, 5.41) is 39.7. The first-order valence-corrected chi connectivity index (χ1v) is 6.51. The first kappa shape index (κ1) is 14.0. The van der Waals surface area contributed by atoms with Crippen LogP contribution < -0.4 is 5.32 Å². The smallest absolute Gasteiger partial charge is 0.327 e. The zero-order chi connectivity index (χ0) is 12.5. The van der Waals surface area contributed by atoms with Crippen LogP contribution in [0, 0.1) is 0 Å². The van der Waals surface area contributed by atoms with Crippen molar-refractivity contribution in [2.24, 2.45) is 0 Å². The van der Waals surface area contributed by atoms with Gasteiger partial charge in [0.1, 0.15) is 6.10 Å². The molecule has 1 heterocycles. The molecule has 0 aliphatic carbocycles. The highest BCUT2D eigenvalue weighted by Crippen LogP contribution is 2.36. The summed E-state index contributed by atoms with van der Waals surface area (Å²) < 4.78 is 10.8. The lowest BCUT2D eigenvalue weighted by molar-refractivity contribution is -0.116. The van der Waals surface area contributed by atoms with Gasteiger partial charge in [0.25, 0.3) is 0 Å². The maximum absolute atomic E-state index is 10.8. The van der Waals surface area contributed by atoms with E-state index in [1.165, 1.54) is 0 Å². The van der Waals surface area contributed by atoms with E-state index in [0.29, 0.717) is 0 Å². The van der Waals surface area contributed by atoms with E-state index in [0.717, 1.165) is 0 Å². The molecule has 0 amide bonds. The Balaban J connectivity index is 2.75. The highest BCUT2D eigenvalue weighted by Gasteiger charge is 2.43. The Kier molecular flexibility index (Phi) is 4.44. The average molecular weight is 257 g/mol. The molecule has 1 saturated heterocycles. The van der Waals surface area contributed by atoms with Crippen LogP contribution in [0.5, 0.6) is 0 Å². The summed E-state index contributed by atoms with van der Waals surface area (Å²) in [6.07, 6.45) is -5.09. The van der Waals surface area contributed by atoms with Crippen LogP contribution in [0.1, 0.15) is 0 Å². The summed E-state index contributed by atoms with van der Waals surface area (Å²) in [6, 6.07) is -1.99. The molecular weight excluding hydrogens is 241 g/mol. The minimum Gasteiger partial charge on any atom is -0.395 e. The number of aliphatic hydroxyl groups is 4. The number of hydrogen-bond donors (Lipinski definition) is 7. The third-order valence-corrected chi connectivity index (χ3v) is 3.45. The molecule has 9 heteroatoms. The summed E-state index contributed by atoms with van der Waals surface area (Å²) in [7, 11) is -4.35. The lowest BCUT2D eigenvalue weighted by atomic mass is 9.91. The third-order valence-electron chi connectivity index (χ3n) is 2.58. The molecule has 0 aromatic rings. The Morgan fingerprint density at radius 2 is 1.50 bits per heavy atom. The predicted molar refractivity (Wildman–Crippen MR) is 52.7 cm³/mol. The number of nitrogens with one attached hydrogen (secondary N) is 1. The van der Waals surface area contributed by atoms with E-state index < -0.39 is 50.8 Å². The Bertz CT molecular complexity index is 280. The largest absolute Gasteiger partial charge is 0.395 e. The monoisotopic (exact) mass is 257 g/mol. The number of hydrogen-bond acceptors (Lipinski definition) is 6. The molecule has 0 aromatic carbocycles. The van der Waals surface area contributed by atoms with E-state index in [9.17, 15) is 19.9 Å². The highest BCUT2D eigenvalue weighted by molar-refractivity contribution is 7.51. The van der Waals surface area contributed by atoms with Crippen molar-refractivity contribution in [2.75, 3.05) is 12.8 Å². The van der Waals surface area contributed by atoms with Crippen LogP contribution in [-0.2, 0) is 4.57 Å². The SMILES string of the molecule is O=P(O)(O)CC1NC(CO)C(O)C(O)C1O. The van der Waals surface area contributed by atoms with Crippen LogP contribution in [0.15, 0.2) is 0 Å². The predicted octanol–water partition coefficient (Wildman–Crippen LogP) is -3.42. The molecule has 0 bridgehead atoms. The number of piperidine rings is 1. The van der Waals surface area contributed by atoms with Crippen LogP contribution in [0.3, 0.4) is 0 Å². The van der Waals surface area contributed by atoms with Gasteiger partial charge < -0.3 is 35.5 Å². The van der Waals surface area contributed by atoms with E-state index >= 15 is 0 Å². The molecule has 0 aromatic heterocycles. The van der Waals surface area contributed by atoms with Gasteiger partial charge in [-0.2, -0.15) is 0 Å². The Morgan fingerprint density at radius 1 is 1.00 bits per heavy atom. The fraction of sp³-hybridized carbons (Fsp3) is 1.00. The zero-order valence-electron chi connectivity index (χ0n) is 8.34. The van der Waals surface area contributed by atoms with Gasteiger partial charge >= 0.3 is 7.60 Å². The molecule has 1 fully saturated rings. The summed E-state index contributed by atoms with van der Waals surface area (Å²) in [5.74, 6) is 0. The Hall–Kier alpha value is -0.0500. The first-order chi connectivity index (χ1) is 7.26. The molecule has 5 atom stereocenters. The quantitative estimate of drug-likeness (QED) is 0.258. The van der Waals surface area contributed by atoms with E-state index in [4.69, 9.17) is 14.9 Å². The summed E-state index contributed by atoms with van der Waals surface area (Å²) in [6.45, 7) is -0.511. The molecule has 96 valence electrons. The molecular formula is C7H16NO7P. The van der Waals surface area contributed by atoms with Crippen LogP contribution >= 0.6 is 7.60 Å². The van der Waals surface area contributed by atoms with Crippen LogP contribution in [0.25, 0.3) is 0 Å². The lowest BCUT2D eigenvalue weighted by Gasteiger charge is -2.41. The third kappa shape index (κ3) is 3.22. The molecule has 0 radical (unpaired) electrons. The average Bonchev–Trinajstić information content (AvgIpc) is 2.17. The van der Waals surface area contributed by atoms with E-state index in [1.807, 2.05) is 0 Å². The van der Waals surface area contributed by atoms with Crippen LogP contribution in [0.2, 0.25) is 0 Å². The van der Waals surface area contributed by atoms with E-state index in [-0.39, 0.29) is 0 Å². The van der Waals surface area contributed by atoms with Crippen molar-refractivity contribution in [3.63, 3.8) is 0 Å². The highest BCUT2D eigenvalue weighted by atomic mass is 31.2. The van der Waals surface area contributed by atoms with E-state index in [1.54, 1.807) is 0 Å². The molecule has 5 unspecified atom stereocenters. The van der Waals surface area contributed by atoms with Gasteiger partial charge in [-0.25, -0.2) is 0 Å². The van der Waals surface area contributed by atoms with Gasteiger partial charge in [-0.15, -0.1) is 0 Å². The Labute approximate surface area is 91.7 Å². The van der Waals surface area contributed by atoms with Crippen molar-refractivity contribution in [2.45, 2.75) is 30.4 Å². The van der Waals surface area contributed by atoms with Gasteiger partial charge in [0, 0.05) is 6.04 Å². The second-order valence-corrected chi connectivity index (χ2v) is 5.58. The molecule has 8 nitrogen and oxygen atoms in total. The lowest BCUT2D eigenvalue weighted by Crippen LogP contribution is -2.66. The molecule has 0 saturated carbocycles. The normalized spacial score (nSPS) is 41.0. The van der Waals surface area contributed by atoms with Crippen molar-refractivity contribution in [1.82, 2.24) is 5.32 Å².